The SMILES string of the molecule is CCOc1cccc(NC(=O)/C(C#N)=C/c2cccc(OS(=O)(=O)c3ccc([N+](=O)[O-])cc3)c2)c1. The van der Waals surface area contributed by atoms with Crippen LogP contribution in [-0.2, 0) is 14.9 Å². The molecule has 0 spiro atoms. The molecule has 35 heavy (non-hydrogen) atoms. The van der Waals surface area contributed by atoms with E-state index in [1.807, 2.05) is 13.0 Å². The van der Waals surface area contributed by atoms with Crippen LogP contribution in [0.2, 0.25) is 0 Å². The molecule has 3 aromatic carbocycles. The lowest BCUT2D eigenvalue weighted by molar-refractivity contribution is -0.384. The Hall–Kier alpha value is -4.69. The predicted molar refractivity (Wildman–Crippen MR) is 127 cm³/mol. The van der Waals surface area contributed by atoms with Crippen LogP contribution >= 0.6 is 0 Å². The molecule has 3 rings (SSSR count). The first kappa shape index (κ1) is 24.9. The Balaban J connectivity index is 1.78. The van der Waals surface area contributed by atoms with Gasteiger partial charge in [-0.05, 0) is 55.0 Å². The molecule has 11 heteroatoms. The molecule has 0 bridgehead atoms. The van der Waals surface area contributed by atoms with Crippen molar-refractivity contribution in [3.63, 3.8) is 0 Å². The number of carbonyl (C=O) groups excluding carboxylic acids is 1. The molecule has 0 unspecified atom stereocenters. The molecule has 0 aliphatic heterocycles. The van der Waals surface area contributed by atoms with Gasteiger partial charge in [0, 0.05) is 23.9 Å². The molecule has 3 aromatic rings. The van der Waals surface area contributed by atoms with E-state index >= 15 is 0 Å². The quantitative estimate of drug-likeness (QED) is 0.152. The largest absolute Gasteiger partial charge is 0.494 e. The van der Waals surface area contributed by atoms with Crippen molar-refractivity contribution in [2.75, 3.05) is 11.9 Å². The second-order valence-electron chi connectivity index (χ2n) is 6.95. The molecule has 0 aliphatic rings. The van der Waals surface area contributed by atoms with Gasteiger partial charge in [-0.25, -0.2) is 0 Å². The highest BCUT2D eigenvalue weighted by Crippen LogP contribution is 2.23. The minimum atomic E-state index is -4.27. The Kier molecular flexibility index (Phi) is 7.81. The Labute approximate surface area is 201 Å². The number of nitrogens with one attached hydrogen (secondary N) is 1. The third-order valence-corrected chi connectivity index (χ3v) is 5.74. The Morgan fingerprint density at radius 3 is 2.43 bits per heavy atom. The number of amides is 1. The van der Waals surface area contributed by atoms with Crippen molar-refractivity contribution >= 4 is 33.5 Å². The van der Waals surface area contributed by atoms with Crippen molar-refractivity contribution in [1.29, 1.82) is 5.26 Å². The maximum atomic E-state index is 12.6. The van der Waals surface area contributed by atoms with Crippen molar-refractivity contribution in [3.05, 3.63) is 94.0 Å². The van der Waals surface area contributed by atoms with Crippen LogP contribution in [0.4, 0.5) is 11.4 Å². The summed E-state index contributed by atoms with van der Waals surface area (Å²) in [4.78, 5) is 22.4. The minimum Gasteiger partial charge on any atom is -0.494 e. The van der Waals surface area contributed by atoms with Gasteiger partial charge >= 0.3 is 10.1 Å². The number of benzene rings is 3. The average molecular weight is 493 g/mol. The van der Waals surface area contributed by atoms with Crippen LogP contribution in [0.3, 0.4) is 0 Å². The molecule has 0 aromatic heterocycles. The van der Waals surface area contributed by atoms with Gasteiger partial charge in [0.05, 0.1) is 11.5 Å². The molecule has 0 radical (unpaired) electrons. The second-order valence-corrected chi connectivity index (χ2v) is 8.49. The maximum Gasteiger partial charge on any atom is 0.339 e. The van der Waals surface area contributed by atoms with Crippen LogP contribution in [0.1, 0.15) is 12.5 Å². The Bertz CT molecular complexity index is 1430. The van der Waals surface area contributed by atoms with E-state index in [-0.39, 0.29) is 21.9 Å². The summed E-state index contributed by atoms with van der Waals surface area (Å²) in [6.45, 7) is 2.29. The van der Waals surface area contributed by atoms with Gasteiger partial charge < -0.3 is 14.2 Å². The fourth-order valence-corrected chi connectivity index (χ4v) is 3.83. The summed E-state index contributed by atoms with van der Waals surface area (Å²) < 4.78 is 35.5. The van der Waals surface area contributed by atoms with Crippen molar-refractivity contribution < 1.29 is 27.1 Å². The lowest BCUT2D eigenvalue weighted by atomic mass is 10.1. The number of nitrogens with zero attached hydrogens (tertiary/aromatic N) is 2. The van der Waals surface area contributed by atoms with E-state index in [4.69, 9.17) is 8.92 Å². The van der Waals surface area contributed by atoms with E-state index in [0.29, 0.717) is 23.6 Å². The summed E-state index contributed by atoms with van der Waals surface area (Å²) in [5.74, 6) is -0.169. The van der Waals surface area contributed by atoms with Gasteiger partial charge in [-0.2, -0.15) is 13.7 Å². The van der Waals surface area contributed by atoms with Gasteiger partial charge in [-0.3, -0.25) is 14.9 Å². The van der Waals surface area contributed by atoms with E-state index in [1.54, 1.807) is 30.3 Å². The Morgan fingerprint density at radius 2 is 1.77 bits per heavy atom. The van der Waals surface area contributed by atoms with Crippen molar-refractivity contribution in [1.82, 2.24) is 0 Å². The molecule has 0 heterocycles. The summed E-state index contributed by atoms with van der Waals surface area (Å²) in [6.07, 6.45) is 1.28. The monoisotopic (exact) mass is 493 g/mol. The topological polar surface area (TPSA) is 149 Å². The summed E-state index contributed by atoms with van der Waals surface area (Å²) >= 11 is 0. The van der Waals surface area contributed by atoms with Gasteiger partial charge in [-0.15, -0.1) is 0 Å². The molecule has 1 N–H and O–H groups in total. The lowest BCUT2D eigenvalue weighted by Gasteiger charge is -2.08. The van der Waals surface area contributed by atoms with E-state index in [2.05, 4.69) is 5.32 Å². The minimum absolute atomic E-state index is 0.0702. The van der Waals surface area contributed by atoms with E-state index < -0.39 is 20.9 Å². The first-order valence-electron chi connectivity index (χ1n) is 10.2. The number of nitro benzene ring substituents is 1. The van der Waals surface area contributed by atoms with Gasteiger partial charge in [0.15, 0.2) is 0 Å². The standard InChI is InChI=1S/C24H19N3O7S/c1-2-33-21-7-4-6-19(15-21)26-24(28)18(16-25)13-17-5-3-8-22(14-17)34-35(31,32)23-11-9-20(10-12-23)27(29)30/h3-15H,2H2,1H3,(H,26,28)/b18-13+. The number of rotatable bonds is 9. The summed E-state index contributed by atoms with van der Waals surface area (Å²) in [7, 11) is -4.27. The molecule has 0 fully saturated rings. The molecular formula is C24H19N3O7S. The van der Waals surface area contributed by atoms with Crippen LogP contribution < -0.4 is 14.2 Å². The molecule has 0 saturated heterocycles. The maximum absolute atomic E-state index is 12.6. The van der Waals surface area contributed by atoms with Crippen LogP contribution in [0.15, 0.2) is 83.3 Å². The summed E-state index contributed by atoms with van der Waals surface area (Å²) in [5.41, 5.74) is 0.301. The fourth-order valence-electron chi connectivity index (χ4n) is 2.91. The van der Waals surface area contributed by atoms with Crippen LogP contribution in [0, 0.1) is 21.4 Å². The number of ether oxygens (including phenoxy) is 1. The molecule has 1 amide bonds. The van der Waals surface area contributed by atoms with E-state index in [1.165, 1.54) is 24.3 Å². The number of non-ortho nitro benzene ring substituents is 1. The third-order valence-electron chi connectivity index (χ3n) is 4.48. The average Bonchev–Trinajstić information content (AvgIpc) is 2.83. The van der Waals surface area contributed by atoms with Gasteiger partial charge in [0.2, 0.25) is 0 Å². The number of hydrogen-bond donors (Lipinski definition) is 1. The first-order chi connectivity index (χ1) is 16.7. The lowest BCUT2D eigenvalue weighted by Crippen LogP contribution is -2.13. The third kappa shape index (κ3) is 6.66. The number of nitro groups is 1. The number of hydrogen-bond acceptors (Lipinski definition) is 8. The van der Waals surface area contributed by atoms with Crippen molar-refractivity contribution in [2.24, 2.45) is 0 Å². The number of anilines is 1. The van der Waals surface area contributed by atoms with Crippen LogP contribution in [-0.4, -0.2) is 25.9 Å². The zero-order valence-corrected chi connectivity index (χ0v) is 19.2. The van der Waals surface area contributed by atoms with Crippen molar-refractivity contribution in [2.45, 2.75) is 11.8 Å². The smallest absolute Gasteiger partial charge is 0.339 e. The fraction of sp³-hybridized carbons (Fsp3) is 0.0833. The predicted octanol–water partition coefficient (Wildman–Crippen LogP) is 4.31. The van der Waals surface area contributed by atoms with Gasteiger partial charge in [0.25, 0.3) is 11.6 Å². The van der Waals surface area contributed by atoms with Gasteiger partial charge in [0.1, 0.15) is 28.0 Å². The number of carbonyl (C=O) groups is 1. The molecule has 0 aliphatic carbocycles. The molecule has 10 nitrogen and oxygen atoms in total. The molecule has 0 atom stereocenters. The second kappa shape index (κ2) is 11.0. The Morgan fingerprint density at radius 1 is 1.09 bits per heavy atom. The number of nitriles is 1. The highest BCUT2D eigenvalue weighted by molar-refractivity contribution is 7.87. The van der Waals surface area contributed by atoms with Crippen LogP contribution in [0.25, 0.3) is 6.08 Å². The molecule has 178 valence electrons. The van der Waals surface area contributed by atoms with E-state index in [9.17, 15) is 28.6 Å². The molecule has 0 saturated carbocycles. The van der Waals surface area contributed by atoms with Crippen molar-refractivity contribution in [3.8, 4) is 17.6 Å². The highest BCUT2D eigenvalue weighted by Gasteiger charge is 2.18. The zero-order chi connectivity index (χ0) is 25.4. The van der Waals surface area contributed by atoms with E-state index in [0.717, 1.165) is 24.3 Å². The highest BCUT2D eigenvalue weighted by atomic mass is 32.2. The van der Waals surface area contributed by atoms with Crippen LogP contribution in [0.5, 0.6) is 11.5 Å². The first-order valence-corrected chi connectivity index (χ1v) is 11.6. The molecular weight excluding hydrogens is 474 g/mol. The summed E-state index contributed by atoms with van der Waals surface area (Å²) in [6, 6.07) is 18.5. The zero-order valence-electron chi connectivity index (χ0n) is 18.4. The summed E-state index contributed by atoms with van der Waals surface area (Å²) in [5, 5.41) is 22.8. The van der Waals surface area contributed by atoms with Gasteiger partial charge in [-0.1, -0.05) is 18.2 Å². The normalized spacial score (nSPS) is 11.3.